The first-order valence-corrected chi connectivity index (χ1v) is 5.61. The SMILES string of the molecule is CCc1nc(Cl)c(C)c(NCCOC(N)=O)n1. The molecule has 0 saturated carbocycles. The number of aryl methyl sites for hydroxylation is 1. The van der Waals surface area contributed by atoms with E-state index in [1.807, 2.05) is 13.8 Å². The number of anilines is 1. The van der Waals surface area contributed by atoms with E-state index in [0.717, 1.165) is 5.56 Å². The topological polar surface area (TPSA) is 90.1 Å². The van der Waals surface area contributed by atoms with Crippen LogP contribution >= 0.6 is 11.6 Å². The first-order chi connectivity index (χ1) is 8.04. The minimum Gasteiger partial charge on any atom is -0.448 e. The average molecular weight is 259 g/mol. The van der Waals surface area contributed by atoms with E-state index in [9.17, 15) is 4.79 Å². The maximum Gasteiger partial charge on any atom is 0.404 e. The molecule has 0 atom stereocenters. The van der Waals surface area contributed by atoms with Gasteiger partial charge in [-0.05, 0) is 6.92 Å². The zero-order valence-electron chi connectivity index (χ0n) is 9.79. The zero-order valence-corrected chi connectivity index (χ0v) is 10.5. The number of nitrogens with two attached hydrogens (primary N) is 1. The highest BCUT2D eigenvalue weighted by Crippen LogP contribution is 2.19. The van der Waals surface area contributed by atoms with Crippen molar-refractivity contribution in [3.05, 3.63) is 16.5 Å². The lowest BCUT2D eigenvalue weighted by atomic mass is 10.3. The molecule has 17 heavy (non-hydrogen) atoms. The van der Waals surface area contributed by atoms with E-state index in [1.54, 1.807) is 0 Å². The third kappa shape index (κ3) is 4.07. The summed E-state index contributed by atoms with van der Waals surface area (Å²) in [4.78, 5) is 18.8. The van der Waals surface area contributed by atoms with E-state index in [0.29, 0.717) is 29.8 Å². The molecule has 94 valence electrons. The van der Waals surface area contributed by atoms with Crippen LogP contribution in [0.3, 0.4) is 0 Å². The van der Waals surface area contributed by atoms with Crippen molar-refractivity contribution in [1.82, 2.24) is 9.97 Å². The molecule has 0 aliphatic carbocycles. The van der Waals surface area contributed by atoms with Crippen LogP contribution in [-0.2, 0) is 11.2 Å². The number of ether oxygens (including phenoxy) is 1. The fourth-order valence-electron chi connectivity index (χ4n) is 1.18. The van der Waals surface area contributed by atoms with Crippen molar-refractivity contribution in [1.29, 1.82) is 0 Å². The number of carbonyl (C=O) groups excluding carboxylic acids is 1. The molecular formula is C10H15ClN4O2. The second-order valence-electron chi connectivity index (χ2n) is 3.35. The van der Waals surface area contributed by atoms with E-state index < -0.39 is 6.09 Å². The Kier molecular flexibility index (Phi) is 4.96. The fraction of sp³-hybridized carbons (Fsp3) is 0.500. The van der Waals surface area contributed by atoms with E-state index in [1.165, 1.54) is 0 Å². The number of nitrogens with one attached hydrogen (secondary N) is 1. The summed E-state index contributed by atoms with van der Waals surface area (Å²) in [5, 5.41) is 3.44. The Bertz CT molecular complexity index is 412. The Balaban J connectivity index is 2.63. The summed E-state index contributed by atoms with van der Waals surface area (Å²) in [6.07, 6.45) is -0.0922. The highest BCUT2D eigenvalue weighted by Gasteiger charge is 2.08. The predicted octanol–water partition coefficient (Wildman–Crippen LogP) is 1.51. The molecule has 7 heteroatoms. The number of carbonyl (C=O) groups is 1. The number of rotatable bonds is 5. The summed E-state index contributed by atoms with van der Waals surface area (Å²) in [6, 6.07) is 0. The van der Waals surface area contributed by atoms with Crippen molar-refractivity contribution >= 4 is 23.5 Å². The molecular weight excluding hydrogens is 244 g/mol. The maximum atomic E-state index is 10.4. The summed E-state index contributed by atoms with van der Waals surface area (Å²) >= 11 is 5.96. The van der Waals surface area contributed by atoms with Gasteiger partial charge in [-0.1, -0.05) is 18.5 Å². The summed E-state index contributed by atoms with van der Waals surface area (Å²) in [6.45, 7) is 4.36. The van der Waals surface area contributed by atoms with Gasteiger partial charge in [-0.3, -0.25) is 0 Å². The summed E-state index contributed by atoms with van der Waals surface area (Å²) in [5.74, 6) is 1.31. The Labute approximate surface area is 105 Å². The van der Waals surface area contributed by atoms with Crippen LogP contribution in [0.2, 0.25) is 5.15 Å². The van der Waals surface area contributed by atoms with Gasteiger partial charge in [-0.15, -0.1) is 0 Å². The van der Waals surface area contributed by atoms with Crippen molar-refractivity contribution in [3.63, 3.8) is 0 Å². The maximum absolute atomic E-state index is 10.4. The molecule has 0 radical (unpaired) electrons. The second-order valence-corrected chi connectivity index (χ2v) is 3.71. The monoisotopic (exact) mass is 258 g/mol. The van der Waals surface area contributed by atoms with E-state index in [-0.39, 0.29) is 6.61 Å². The molecule has 0 aromatic carbocycles. The van der Waals surface area contributed by atoms with E-state index in [2.05, 4.69) is 20.0 Å². The van der Waals surface area contributed by atoms with Gasteiger partial charge in [0.1, 0.15) is 23.4 Å². The van der Waals surface area contributed by atoms with Gasteiger partial charge in [0, 0.05) is 12.0 Å². The number of hydrogen-bond acceptors (Lipinski definition) is 5. The smallest absolute Gasteiger partial charge is 0.404 e. The lowest BCUT2D eigenvalue weighted by molar-refractivity contribution is 0.161. The van der Waals surface area contributed by atoms with E-state index >= 15 is 0 Å². The van der Waals surface area contributed by atoms with Crippen molar-refractivity contribution in [2.24, 2.45) is 5.73 Å². The third-order valence-corrected chi connectivity index (χ3v) is 2.46. The Morgan fingerprint density at radius 2 is 2.24 bits per heavy atom. The van der Waals surface area contributed by atoms with E-state index in [4.69, 9.17) is 17.3 Å². The second kappa shape index (κ2) is 6.24. The Morgan fingerprint density at radius 3 is 2.82 bits per heavy atom. The standard InChI is InChI=1S/C10H15ClN4O2/c1-3-7-14-8(11)6(2)9(15-7)13-4-5-17-10(12)16/h3-5H2,1-2H3,(H2,12,16)(H,13,14,15). The molecule has 6 nitrogen and oxygen atoms in total. The minimum absolute atomic E-state index is 0.178. The largest absolute Gasteiger partial charge is 0.448 e. The van der Waals surface area contributed by atoms with Crippen LogP contribution < -0.4 is 11.1 Å². The number of primary amides is 1. The quantitative estimate of drug-likeness (QED) is 0.617. The molecule has 0 unspecified atom stereocenters. The van der Waals surface area contributed by atoms with Gasteiger partial charge in [0.25, 0.3) is 0 Å². The minimum atomic E-state index is -0.793. The van der Waals surface area contributed by atoms with Crippen LogP contribution in [-0.4, -0.2) is 29.2 Å². The fourth-order valence-corrected chi connectivity index (χ4v) is 1.37. The molecule has 0 spiro atoms. The highest BCUT2D eigenvalue weighted by atomic mass is 35.5. The Morgan fingerprint density at radius 1 is 1.53 bits per heavy atom. The van der Waals surface area contributed by atoms with Crippen molar-refractivity contribution in [3.8, 4) is 0 Å². The zero-order chi connectivity index (χ0) is 12.8. The number of aromatic nitrogens is 2. The average Bonchev–Trinajstić information content (AvgIpc) is 2.29. The molecule has 1 aromatic rings. The van der Waals surface area contributed by atoms with Gasteiger partial charge in [0.2, 0.25) is 0 Å². The number of nitrogens with zero attached hydrogens (tertiary/aromatic N) is 2. The van der Waals surface area contributed by atoms with Crippen LogP contribution in [0.4, 0.5) is 10.6 Å². The van der Waals surface area contributed by atoms with Crippen molar-refractivity contribution in [2.75, 3.05) is 18.5 Å². The van der Waals surface area contributed by atoms with Gasteiger partial charge in [0.15, 0.2) is 0 Å². The van der Waals surface area contributed by atoms with Gasteiger partial charge in [0.05, 0.1) is 6.54 Å². The summed E-state index contributed by atoms with van der Waals surface area (Å²) in [5.41, 5.74) is 5.60. The number of hydrogen-bond donors (Lipinski definition) is 2. The molecule has 3 N–H and O–H groups in total. The van der Waals surface area contributed by atoms with Crippen LogP contribution in [0.5, 0.6) is 0 Å². The lowest BCUT2D eigenvalue weighted by Gasteiger charge is -2.10. The van der Waals surface area contributed by atoms with Gasteiger partial charge in [-0.2, -0.15) is 0 Å². The first kappa shape index (κ1) is 13.5. The molecule has 1 aromatic heterocycles. The Hall–Kier alpha value is -1.56. The molecule has 0 aliphatic rings. The van der Waals surface area contributed by atoms with Crippen LogP contribution in [0.15, 0.2) is 0 Å². The third-order valence-electron chi connectivity index (χ3n) is 2.09. The molecule has 0 aliphatic heterocycles. The van der Waals surface area contributed by atoms with Gasteiger partial charge < -0.3 is 15.8 Å². The molecule has 0 bridgehead atoms. The predicted molar refractivity (Wildman–Crippen MR) is 65.2 cm³/mol. The van der Waals surface area contributed by atoms with Gasteiger partial charge in [-0.25, -0.2) is 14.8 Å². The van der Waals surface area contributed by atoms with Crippen LogP contribution in [0.25, 0.3) is 0 Å². The van der Waals surface area contributed by atoms with Gasteiger partial charge >= 0.3 is 6.09 Å². The van der Waals surface area contributed by atoms with Crippen molar-refractivity contribution in [2.45, 2.75) is 20.3 Å². The molecule has 1 amide bonds. The number of amides is 1. The summed E-state index contributed by atoms with van der Waals surface area (Å²) in [7, 11) is 0. The normalized spacial score (nSPS) is 10.1. The lowest BCUT2D eigenvalue weighted by Crippen LogP contribution is -2.19. The molecule has 0 saturated heterocycles. The number of halogens is 1. The molecule has 1 rings (SSSR count). The van der Waals surface area contributed by atoms with Crippen LogP contribution in [0.1, 0.15) is 18.3 Å². The highest BCUT2D eigenvalue weighted by molar-refractivity contribution is 6.30. The molecule has 0 fully saturated rings. The van der Waals surface area contributed by atoms with Crippen molar-refractivity contribution < 1.29 is 9.53 Å². The molecule has 1 heterocycles. The summed E-state index contributed by atoms with van der Waals surface area (Å²) < 4.78 is 4.59. The van der Waals surface area contributed by atoms with Crippen LogP contribution in [0, 0.1) is 6.92 Å². The first-order valence-electron chi connectivity index (χ1n) is 5.23.